The number of halogens is 1. The summed E-state index contributed by atoms with van der Waals surface area (Å²) in [5.41, 5.74) is 1.71. The zero-order valence-corrected chi connectivity index (χ0v) is 15.7. The second kappa shape index (κ2) is 8.06. The van der Waals surface area contributed by atoms with Crippen LogP contribution in [0.2, 0.25) is 0 Å². The first-order chi connectivity index (χ1) is 11.5. The molecule has 0 spiro atoms. The third kappa shape index (κ3) is 4.07. The largest absolute Gasteiger partial charge is 0.354 e. The molecule has 0 unspecified atom stereocenters. The van der Waals surface area contributed by atoms with Crippen LogP contribution in [0, 0.1) is 5.41 Å². The Hall–Kier alpha value is -1.79. The van der Waals surface area contributed by atoms with Crippen LogP contribution in [0.3, 0.4) is 0 Å². The Morgan fingerprint density at radius 2 is 1.80 bits per heavy atom. The quantitative estimate of drug-likeness (QED) is 0.847. The maximum absolute atomic E-state index is 12.6. The first kappa shape index (κ1) is 19.5. The van der Waals surface area contributed by atoms with E-state index in [4.69, 9.17) is 0 Å². The molecule has 7 heteroatoms. The molecule has 0 bridgehead atoms. The zero-order valence-electron chi connectivity index (χ0n) is 14.9. The van der Waals surface area contributed by atoms with Gasteiger partial charge in [-0.15, -0.1) is 12.4 Å². The lowest BCUT2D eigenvalue weighted by Crippen LogP contribution is -2.44. The first-order valence-electron chi connectivity index (χ1n) is 8.69. The van der Waals surface area contributed by atoms with Crippen molar-refractivity contribution in [1.82, 2.24) is 19.8 Å². The fourth-order valence-electron chi connectivity index (χ4n) is 3.45. The highest BCUT2D eigenvalue weighted by atomic mass is 35.5. The summed E-state index contributed by atoms with van der Waals surface area (Å²) in [7, 11) is 0. The van der Waals surface area contributed by atoms with Gasteiger partial charge in [0.1, 0.15) is 6.54 Å². The molecule has 25 heavy (non-hydrogen) atoms. The predicted octanol–water partition coefficient (Wildman–Crippen LogP) is 1.75. The summed E-state index contributed by atoms with van der Waals surface area (Å²) in [5, 5.41) is 6.37. The molecule has 2 N–H and O–H groups in total. The van der Waals surface area contributed by atoms with Crippen molar-refractivity contribution in [3.63, 3.8) is 0 Å². The van der Waals surface area contributed by atoms with Crippen LogP contribution in [0.4, 0.5) is 0 Å². The van der Waals surface area contributed by atoms with Gasteiger partial charge in [0.05, 0.1) is 11.0 Å². The van der Waals surface area contributed by atoms with Gasteiger partial charge in [-0.25, -0.2) is 4.79 Å². The Morgan fingerprint density at radius 3 is 2.40 bits per heavy atom. The van der Waals surface area contributed by atoms with Crippen LogP contribution in [-0.4, -0.2) is 34.7 Å². The van der Waals surface area contributed by atoms with Crippen LogP contribution in [0.15, 0.2) is 29.1 Å². The highest BCUT2D eigenvalue weighted by molar-refractivity contribution is 5.85. The number of nitrogens with one attached hydrogen (secondary N) is 2. The van der Waals surface area contributed by atoms with Crippen molar-refractivity contribution in [1.29, 1.82) is 0 Å². The fourth-order valence-corrected chi connectivity index (χ4v) is 3.45. The Bertz CT molecular complexity index is 790. The van der Waals surface area contributed by atoms with E-state index in [9.17, 15) is 9.59 Å². The standard InChI is InChI=1S/C18H26N4O2.ClH/c1-3-21-14-6-4-5-7-15(14)22(17(21)24)12-16(23)20-13-18(2)8-10-19-11-9-18;/h4-7,19H,3,8-13H2,1-2H3,(H,20,23);1H. The minimum absolute atomic E-state index is 0. The Balaban J connectivity index is 0.00000225. The van der Waals surface area contributed by atoms with E-state index in [0.717, 1.165) is 37.0 Å². The van der Waals surface area contributed by atoms with Gasteiger partial charge in [-0.1, -0.05) is 19.1 Å². The van der Waals surface area contributed by atoms with Crippen LogP contribution in [0.25, 0.3) is 11.0 Å². The lowest BCUT2D eigenvalue weighted by molar-refractivity contribution is -0.122. The monoisotopic (exact) mass is 366 g/mol. The number of imidazole rings is 1. The summed E-state index contributed by atoms with van der Waals surface area (Å²) in [6.45, 7) is 7.47. The minimum Gasteiger partial charge on any atom is -0.354 e. The number of piperidine rings is 1. The Morgan fingerprint density at radius 1 is 1.20 bits per heavy atom. The molecule has 1 saturated heterocycles. The van der Waals surface area contributed by atoms with E-state index in [0.29, 0.717) is 13.1 Å². The second-order valence-corrected chi connectivity index (χ2v) is 6.94. The SMILES string of the molecule is CCn1c(=O)n(CC(=O)NCC2(C)CCNCC2)c2ccccc21.Cl. The second-order valence-electron chi connectivity index (χ2n) is 6.94. The molecule has 1 fully saturated rings. The number of fused-ring (bicyclic) bond motifs is 1. The minimum atomic E-state index is -0.123. The molecule has 1 aliphatic rings. The van der Waals surface area contributed by atoms with Crippen LogP contribution in [-0.2, 0) is 17.9 Å². The molecule has 2 aromatic rings. The Kier molecular flexibility index (Phi) is 6.30. The number of amides is 1. The molecule has 0 radical (unpaired) electrons. The summed E-state index contributed by atoms with van der Waals surface area (Å²) in [4.78, 5) is 25.0. The molecule has 3 rings (SSSR count). The molecule has 1 aromatic carbocycles. The molecule has 0 saturated carbocycles. The van der Waals surface area contributed by atoms with E-state index in [1.807, 2.05) is 31.2 Å². The maximum atomic E-state index is 12.6. The number of aryl methyl sites for hydroxylation is 1. The topological polar surface area (TPSA) is 68.1 Å². The third-order valence-electron chi connectivity index (χ3n) is 5.07. The van der Waals surface area contributed by atoms with E-state index >= 15 is 0 Å². The highest BCUT2D eigenvalue weighted by Crippen LogP contribution is 2.26. The molecule has 2 heterocycles. The van der Waals surface area contributed by atoms with Crippen LogP contribution in [0.1, 0.15) is 26.7 Å². The average molecular weight is 367 g/mol. The normalized spacial score (nSPS) is 16.4. The van der Waals surface area contributed by atoms with Crippen molar-refractivity contribution in [3.05, 3.63) is 34.7 Å². The predicted molar refractivity (Wildman–Crippen MR) is 102 cm³/mol. The van der Waals surface area contributed by atoms with Gasteiger partial charge in [-0.2, -0.15) is 0 Å². The van der Waals surface area contributed by atoms with Crippen molar-refractivity contribution in [2.45, 2.75) is 39.8 Å². The zero-order chi connectivity index (χ0) is 17.2. The van der Waals surface area contributed by atoms with Gasteiger partial charge in [-0.05, 0) is 50.4 Å². The number of aromatic nitrogens is 2. The lowest BCUT2D eigenvalue weighted by Gasteiger charge is -2.34. The van der Waals surface area contributed by atoms with E-state index in [1.165, 1.54) is 0 Å². The van der Waals surface area contributed by atoms with E-state index in [-0.39, 0.29) is 36.0 Å². The van der Waals surface area contributed by atoms with Crippen molar-refractivity contribution in [2.24, 2.45) is 5.41 Å². The Labute approximate surface area is 154 Å². The maximum Gasteiger partial charge on any atom is 0.329 e. The number of para-hydroxylation sites is 2. The molecule has 138 valence electrons. The van der Waals surface area contributed by atoms with Crippen LogP contribution >= 0.6 is 12.4 Å². The molecular formula is C18H27ClN4O2. The smallest absolute Gasteiger partial charge is 0.329 e. The van der Waals surface area contributed by atoms with Gasteiger partial charge < -0.3 is 10.6 Å². The summed E-state index contributed by atoms with van der Waals surface area (Å²) < 4.78 is 3.27. The van der Waals surface area contributed by atoms with Crippen molar-refractivity contribution in [3.8, 4) is 0 Å². The summed E-state index contributed by atoms with van der Waals surface area (Å²) in [5.74, 6) is -0.101. The molecule has 6 nitrogen and oxygen atoms in total. The summed E-state index contributed by atoms with van der Waals surface area (Å²) in [6, 6.07) is 7.62. The highest BCUT2D eigenvalue weighted by Gasteiger charge is 2.27. The van der Waals surface area contributed by atoms with Crippen LogP contribution in [0.5, 0.6) is 0 Å². The molecular weight excluding hydrogens is 340 g/mol. The van der Waals surface area contributed by atoms with E-state index < -0.39 is 0 Å². The number of hydrogen-bond donors (Lipinski definition) is 2. The van der Waals surface area contributed by atoms with Crippen molar-refractivity contribution < 1.29 is 4.79 Å². The molecule has 0 atom stereocenters. The molecule has 1 amide bonds. The molecule has 1 aliphatic heterocycles. The number of hydrogen-bond acceptors (Lipinski definition) is 3. The summed E-state index contributed by atoms with van der Waals surface area (Å²) >= 11 is 0. The average Bonchev–Trinajstić information content (AvgIpc) is 2.85. The van der Waals surface area contributed by atoms with E-state index in [2.05, 4.69) is 17.6 Å². The number of nitrogens with zero attached hydrogens (tertiary/aromatic N) is 2. The van der Waals surface area contributed by atoms with Gasteiger partial charge in [0.15, 0.2) is 0 Å². The number of rotatable bonds is 5. The van der Waals surface area contributed by atoms with E-state index in [1.54, 1.807) is 9.13 Å². The van der Waals surface area contributed by atoms with Gasteiger partial charge in [0.25, 0.3) is 0 Å². The third-order valence-corrected chi connectivity index (χ3v) is 5.07. The lowest BCUT2D eigenvalue weighted by atomic mass is 9.81. The van der Waals surface area contributed by atoms with Gasteiger partial charge in [0.2, 0.25) is 5.91 Å². The van der Waals surface area contributed by atoms with Gasteiger partial charge >= 0.3 is 5.69 Å². The molecule has 1 aromatic heterocycles. The fraction of sp³-hybridized carbons (Fsp3) is 0.556. The van der Waals surface area contributed by atoms with Crippen LogP contribution < -0.4 is 16.3 Å². The summed E-state index contributed by atoms with van der Waals surface area (Å²) in [6.07, 6.45) is 2.12. The van der Waals surface area contributed by atoms with Crippen molar-refractivity contribution in [2.75, 3.05) is 19.6 Å². The number of carbonyl (C=O) groups excluding carboxylic acids is 1. The van der Waals surface area contributed by atoms with Gasteiger partial charge in [-0.3, -0.25) is 13.9 Å². The van der Waals surface area contributed by atoms with Crippen molar-refractivity contribution >= 4 is 29.3 Å². The number of carbonyl (C=O) groups is 1. The first-order valence-corrected chi connectivity index (χ1v) is 8.69. The number of benzene rings is 1. The molecule has 0 aliphatic carbocycles. The van der Waals surface area contributed by atoms with Gasteiger partial charge in [0, 0.05) is 13.1 Å².